The van der Waals surface area contributed by atoms with E-state index in [9.17, 15) is 4.79 Å². The van der Waals surface area contributed by atoms with Gasteiger partial charge in [-0.1, -0.05) is 6.92 Å². The Bertz CT molecular complexity index is 437. The number of hydrogen-bond acceptors (Lipinski definition) is 4. The number of likely N-dealkylation sites (N-methyl/N-ethyl adjacent to an activating group) is 2. The lowest BCUT2D eigenvalue weighted by Gasteiger charge is -2.34. The van der Waals surface area contributed by atoms with E-state index in [2.05, 4.69) is 29.2 Å². The summed E-state index contributed by atoms with van der Waals surface area (Å²) in [4.78, 5) is 18.0. The lowest BCUT2D eigenvalue weighted by molar-refractivity contribution is -0.124. The summed E-state index contributed by atoms with van der Waals surface area (Å²) in [5.41, 5.74) is 6.16. The van der Waals surface area contributed by atoms with Crippen LogP contribution in [0.4, 0.5) is 0 Å². The second-order valence-electron chi connectivity index (χ2n) is 5.87. The molecular weight excluding hydrogens is 264 g/mol. The number of nitrogens with one attached hydrogen (secondary N) is 1. The van der Waals surface area contributed by atoms with Crippen molar-refractivity contribution in [1.82, 2.24) is 15.2 Å². The quantitative estimate of drug-likeness (QED) is 0.717. The van der Waals surface area contributed by atoms with E-state index in [0.29, 0.717) is 6.42 Å². The third-order valence-corrected chi connectivity index (χ3v) is 4.07. The van der Waals surface area contributed by atoms with Crippen LogP contribution in [-0.2, 0) is 11.2 Å². The maximum Gasteiger partial charge on any atom is 0.237 e. The minimum Gasteiger partial charge on any atom is -0.368 e. The van der Waals surface area contributed by atoms with Crippen molar-refractivity contribution in [2.24, 2.45) is 5.73 Å². The smallest absolute Gasteiger partial charge is 0.237 e. The van der Waals surface area contributed by atoms with Crippen molar-refractivity contribution >= 4 is 5.91 Å². The van der Waals surface area contributed by atoms with Crippen molar-refractivity contribution < 1.29 is 4.79 Å². The van der Waals surface area contributed by atoms with Crippen LogP contribution in [0, 0.1) is 0 Å². The number of amides is 1. The van der Waals surface area contributed by atoms with Crippen LogP contribution in [0.5, 0.6) is 0 Å². The molecule has 0 aliphatic heterocycles. The Morgan fingerprint density at radius 2 is 2.10 bits per heavy atom. The number of carbonyl (C=O) groups is 1. The molecule has 0 saturated heterocycles. The molecule has 1 heterocycles. The number of primary amides is 1. The molecule has 2 atom stereocenters. The van der Waals surface area contributed by atoms with Crippen molar-refractivity contribution in [3.05, 3.63) is 30.1 Å². The Morgan fingerprint density at radius 3 is 2.62 bits per heavy atom. The Balaban J connectivity index is 2.53. The molecule has 118 valence electrons. The number of hydrogen-bond donors (Lipinski definition) is 2. The summed E-state index contributed by atoms with van der Waals surface area (Å²) >= 11 is 0. The molecule has 1 aromatic heterocycles. The highest BCUT2D eigenvalue weighted by Gasteiger charge is 2.32. The van der Waals surface area contributed by atoms with E-state index in [1.54, 1.807) is 0 Å². The molecule has 0 bridgehead atoms. The van der Waals surface area contributed by atoms with Crippen LogP contribution in [0.15, 0.2) is 24.5 Å². The van der Waals surface area contributed by atoms with Gasteiger partial charge < -0.3 is 16.0 Å². The molecule has 5 nitrogen and oxygen atoms in total. The molecular formula is C16H28N4O. The highest BCUT2D eigenvalue weighted by Crippen LogP contribution is 2.16. The number of pyridine rings is 1. The molecule has 1 amide bonds. The summed E-state index contributed by atoms with van der Waals surface area (Å²) in [5, 5.41) is 3.21. The first-order chi connectivity index (χ1) is 9.89. The molecule has 0 aromatic carbocycles. The van der Waals surface area contributed by atoms with Crippen LogP contribution >= 0.6 is 0 Å². The van der Waals surface area contributed by atoms with E-state index in [1.165, 1.54) is 5.56 Å². The summed E-state index contributed by atoms with van der Waals surface area (Å²) in [7, 11) is 2.08. The zero-order valence-electron chi connectivity index (χ0n) is 13.6. The molecule has 0 saturated carbocycles. The lowest BCUT2D eigenvalue weighted by atomic mass is 9.92. The fourth-order valence-electron chi connectivity index (χ4n) is 2.47. The van der Waals surface area contributed by atoms with Crippen molar-refractivity contribution in [3.63, 3.8) is 0 Å². The average Bonchev–Trinajstić information content (AvgIpc) is 2.45. The van der Waals surface area contributed by atoms with Gasteiger partial charge in [-0.05, 0) is 58.0 Å². The van der Waals surface area contributed by atoms with Gasteiger partial charge in [-0.3, -0.25) is 9.78 Å². The van der Waals surface area contributed by atoms with E-state index in [-0.39, 0.29) is 11.9 Å². The first-order valence-electron chi connectivity index (χ1n) is 7.53. The molecule has 1 aromatic rings. The molecule has 0 aliphatic rings. The largest absolute Gasteiger partial charge is 0.368 e. The molecule has 3 N–H and O–H groups in total. The third-order valence-electron chi connectivity index (χ3n) is 4.07. The van der Waals surface area contributed by atoms with E-state index in [0.717, 1.165) is 19.5 Å². The Labute approximate surface area is 127 Å². The van der Waals surface area contributed by atoms with Crippen LogP contribution in [-0.4, -0.2) is 47.5 Å². The van der Waals surface area contributed by atoms with Crippen LogP contribution in [0.1, 0.15) is 32.8 Å². The molecule has 0 spiro atoms. The van der Waals surface area contributed by atoms with Crippen LogP contribution in [0.25, 0.3) is 0 Å². The Morgan fingerprint density at radius 1 is 1.48 bits per heavy atom. The number of rotatable bonds is 9. The summed E-state index contributed by atoms with van der Waals surface area (Å²) < 4.78 is 0. The SMILES string of the molecule is CCNC(C)(CC(C)N(C)CCc1ccncc1)C(N)=O. The van der Waals surface area contributed by atoms with E-state index in [1.807, 2.05) is 38.4 Å². The monoisotopic (exact) mass is 292 g/mol. The van der Waals surface area contributed by atoms with Gasteiger partial charge in [0, 0.05) is 25.0 Å². The van der Waals surface area contributed by atoms with Gasteiger partial charge in [0.2, 0.25) is 5.91 Å². The highest BCUT2D eigenvalue weighted by atomic mass is 16.1. The predicted molar refractivity (Wildman–Crippen MR) is 85.9 cm³/mol. The summed E-state index contributed by atoms with van der Waals surface area (Å²) in [6.45, 7) is 7.66. The standard InChI is InChI=1S/C16H28N4O/c1-5-19-16(3,15(17)21)12-13(2)20(4)11-8-14-6-9-18-10-7-14/h6-7,9-10,13,19H,5,8,11-12H2,1-4H3,(H2,17,21). The molecule has 21 heavy (non-hydrogen) atoms. The molecule has 0 fully saturated rings. The number of carbonyl (C=O) groups excluding carboxylic acids is 1. The Hall–Kier alpha value is -1.46. The van der Waals surface area contributed by atoms with Crippen molar-refractivity contribution in [2.45, 2.75) is 45.2 Å². The van der Waals surface area contributed by atoms with Gasteiger partial charge in [0.15, 0.2) is 0 Å². The molecule has 0 aliphatic carbocycles. The van der Waals surface area contributed by atoms with Crippen LogP contribution < -0.4 is 11.1 Å². The highest BCUT2D eigenvalue weighted by molar-refractivity contribution is 5.84. The first kappa shape index (κ1) is 17.6. The third kappa shape index (κ3) is 5.44. The second-order valence-corrected chi connectivity index (χ2v) is 5.87. The van der Waals surface area contributed by atoms with Crippen LogP contribution in [0.2, 0.25) is 0 Å². The number of nitrogens with two attached hydrogens (primary N) is 1. The maximum atomic E-state index is 11.7. The van der Waals surface area contributed by atoms with Gasteiger partial charge in [-0.2, -0.15) is 0 Å². The number of nitrogens with zero attached hydrogens (tertiary/aromatic N) is 2. The lowest BCUT2D eigenvalue weighted by Crippen LogP contribution is -2.56. The van der Waals surface area contributed by atoms with Gasteiger partial charge in [0.05, 0.1) is 5.54 Å². The fraction of sp³-hybridized carbons (Fsp3) is 0.625. The molecule has 1 rings (SSSR count). The van der Waals surface area contributed by atoms with Crippen molar-refractivity contribution in [1.29, 1.82) is 0 Å². The molecule has 0 radical (unpaired) electrons. The van der Waals surface area contributed by atoms with Gasteiger partial charge in [0.25, 0.3) is 0 Å². The van der Waals surface area contributed by atoms with E-state index >= 15 is 0 Å². The fourth-order valence-corrected chi connectivity index (χ4v) is 2.47. The van der Waals surface area contributed by atoms with Crippen molar-refractivity contribution in [3.8, 4) is 0 Å². The summed E-state index contributed by atoms with van der Waals surface area (Å²) in [6.07, 6.45) is 5.29. The number of aromatic nitrogens is 1. The zero-order valence-corrected chi connectivity index (χ0v) is 13.6. The molecule has 5 heteroatoms. The van der Waals surface area contributed by atoms with Gasteiger partial charge in [0.1, 0.15) is 0 Å². The average molecular weight is 292 g/mol. The summed E-state index contributed by atoms with van der Waals surface area (Å²) in [5.74, 6) is -0.293. The zero-order chi connectivity index (χ0) is 15.9. The van der Waals surface area contributed by atoms with Crippen LogP contribution in [0.3, 0.4) is 0 Å². The minimum atomic E-state index is -0.654. The van der Waals surface area contributed by atoms with Crippen molar-refractivity contribution in [2.75, 3.05) is 20.1 Å². The first-order valence-corrected chi connectivity index (χ1v) is 7.53. The molecule has 2 unspecified atom stereocenters. The minimum absolute atomic E-state index is 0.267. The van der Waals surface area contributed by atoms with Gasteiger partial charge in [-0.25, -0.2) is 0 Å². The van der Waals surface area contributed by atoms with Gasteiger partial charge >= 0.3 is 0 Å². The summed E-state index contributed by atoms with van der Waals surface area (Å²) in [6, 6.07) is 4.33. The Kier molecular flexibility index (Phi) is 6.78. The maximum absolute atomic E-state index is 11.7. The predicted octanol–water partition coefficient (Wildman–Crippen LogP) is 1.19. The second kappa shape index (κ2) is 8.10. The normalized spacial score (nSPS) is 15.7. The van der Waals surface area contributed by atoms with E-state index < -0.39 is 5.54 Å². The topological polar surface area (TPSA) is 71.2 Å². The van der Waals surface area contributed by atoms with E-state index in [4.69, 9.17) is 5.73 Å². The van der Waals surface area contributed by atoms with Gasteiger partial charge in [-0.15, -0.1) is 0 Å².